The molecule has 1 fully saturated rings. The number of allylic oxidation sites excluding steroid dienone is 4. The highest BCUT2D eigenvalue weighted by atomic mass is 14.4. The molecule has 0 aliphatic heterocycles. The van der Waals surface area contributed by atoms with Gasteiger partial charge in [0.05, 0.1) is 0 Å². The Kier molecular flexibility index (Phi) is 7.06. The first kappa shape index (κ1) is 17.5. The molecule has 20 heavy (non-hydrogen) atoms. The predicted octanol–water partition coefficient (Wildman–Crippen LogP) is 6.92. The third-order valence-corrected chi connectivity index (χ3v) is 5.55. The SMILES string of the molecule is C/C=C(\C)CC/C=C(\C)CCC1C(C)CCCC1(C)C. The summed E-state index contributed by atoms with van der Waals surface area (Å²) >= 11 is 0. The number of hydrogen-bond acceptors (Lipinski definition) is 0. The smallest absolute Gasteiger partial charge is 0.0288 e. The Hall–Kier alpha value is -0.520. The molecule has 0 bridgehead atoms. The average Bonchev–Trinajstić information content (AvgIpc) is 2.37. The molecule has 0 aromatic carbocycles. The number of hydrogen-bond donors (Lipinski definition) is 0. The van der Waals surface area contributed by atoms with Crippen molar-refractivity contribution >= 4 is 0 Å². The van der Waals surface area contributed by atoms with Crippen molar-refractivity contribution < 1.29 is 0 Å². The summed E-state index contributed by atoms with van der Waals surface area (Å²) in [6.45, 7) is 14.1. The van der Waals surface area contributed by atoms with E-state index in [1.165, 1.54) is 50.5 Å². The van der Waals surface area contributed by atoms with Crippen LogP contribution in [0.3, 0.4) is 0 Å². The highest BCUT2D eigenvalue weighted by Crippen LogP contribution is 2.46. The molecule has 1 rings (SSSR count). The molecule has 0 aromatic rings. The summed E-state index contributed by atoms with van der Waals surface area (Å²) in [7, 11) is 0. The monoisotopic (exact) mass is 276 g/mol. The van der Waals surface area contributed by atoms with Crippen LogP contribution < -0.4 is 0 Å². The van der Waals surface area contributed by atoms with Gasteiger partial charge in [-0.25, -0.2) is 0 Å². The minimum absolute atomic E-state index is 0.555. The second-order valence-corrected chi connectivity index (χ2v) is 7.73. The summed E-state index contributed by atoms with van der Waals surface area (Å²) in [5, 5.41) is 0. The van der Waals surface area contributed by atoms with Crippen LogP contribution in [0.25, 0.3) is 0 Å². The lowest BCUT2D eigenvalue weighted by atomic mass is 9.62. The summed E-state index contributed by atoms with van der Waals surface area (Å²) in [6, 6.07) is 0. The van der Waals surface area contributed by atoms with Gasteiger partial charge in [-0.1, -0.05) is 56.9 Å². The summed E-state index contributed by atoms with van der Waals surface area (Å²) in [5.41, 5.74) is 3.66. The van der Waals surface area contributed by atoms with Gasteiger partial charge in [0.15, 0.2) is 0 Å². The first-order valence-electron chi connectivity index (χ1n) is 8.64. The van der Waals surface area contributed by atoms with Crippen molar-refractivity contribution in [2.45, 2.75) is 86.5 Å². The van der Waals surface area contributed by atoms with Crippen molar-refractivity contribution in [3.05, 3.63) is 23.3 Å². The molecular weight excluding hydrogens is 240 g/mol. The average molecular weight is 277 g/mol. The maximum Gasteiger partial charge on any atom is -0.0288 e. The third-order valence-electron chi connectivity index (χ3n) is 5.55. The lowest BCUT2D eigenvalue weighted by molar-refractivity contribution is 0.0767. The van der Waals surface area contributed by atoms with Gasteiger partial charge >= 0.3 is 0 Å². The molecule has 0 N–H and O–H groups in total. The van der Waals surface area contributed by atoms with Crippen LogP contribution in [0, 0.1) is 17.3 Å². The lowest BCUT2D eigenvalue weighted by Crippen LogP contribution is -2.33. The zero-order valence-electron chi connectivity index (χ0n) is 14.8. The largest absolute Gasteiger partial charge is 0.0887 e. The quantitative estimate of drug-likeness (QED) is 0.462. The molecular formula is C20H36. The van der Waals surface area contributed by atoms with Gasteiger partial charge in [-0.3, -0.25) is 0 Å². The van der Waals surface area contributed by atoms with E-state index in [9.17, 15) is 0 Å². The van der Waals surface area contributed by atoms with E-state index in [4.69, 9.17) is 0 Å². The Morgan fingerprint density at radius 2 is 1.85 bits per heavy atom. The molecule has 0 heterocycles. The Morgan fingerprint density at radius 3 is 2.45 bits per heavy atom. The summed E-state index contributed by atoms with van der Waals surface area (Å²) in [4.78, 5) is 0. The lowest BCUT2D eigenvalue weighted by Gasteiger charge is -2.43. The molecule has 0 saturated heterocycles. The Bertz CT molecular complexity index is 343. The highest BCUT2D eigenvalue weighted by molar-refractivity contribution is 5.03. The summed E-state index contributed by atoms with van der Waals surface area (Å²) in [6.07, 6.45) is 14.1. The molecule has 1 aliphatic rings. The fraction of sp³-hybridized carbons (Fsp3) is 0.800. The van der Waals surface area contributed by atoms with E-state index in [2.05, 4.69) is 53.7 Å². The maximum atomic E-state index is 2.49. The second-order valence-electron chi connectivity index (χ2n) is 7.73. The van der Waals surface area contributed by atoms with Crippen molar-refractivity contribution in [2.24, 2.45) is 17.3 Å². The normalized spacial score (nSPS) is 27.7. The van der Waals surface area contributed by atoms with Gasteiger partial charge in [-0.05, 0) is 70.1 Å². The van der Waals surface area contributed by atoms with E-state index in [-0.39, 0.29) is 0 Å². The molecule has 2 unspecified atom stereocenters. The van der Waals surface area contributed by atoms with Crippen LogP contribution in [0.2, 0.25) is 0 Å². The minimum atomic E-state index is 0.555. The topological polar surface area (TPSA) is 0 Å². The van der Waals surface area contributed by atoms with Gasteiger partial charge in [0.1, 0.15) is 0 Å². The predicted molar refractivity (Wildman–Crippen MR) is 91.9 cm³/mol. The Labute approximate surface area is 127 Å². The van der Waals surface area contributed by atoms with Crippen molar-refractivity contribution in [3.63, 3.8) is 0 Å². The Balaban J connectivity index is 2.42. The van der Waals surface area contributed by atoms with Crippen LogP contribution in [0.4, 0.5) is 0 Å². The van der Waals surface area contributed by atoms with Crippen molar-refractivity contribution in [1.29, 1.82) is 0 Å². The molecule has 0 radical (unpaired) electrons. The molecule has 1 aliphatic carbocycles. The first-order chi connectivity index (χ1) is 9.36. The maximum absolute atomic E-state index is 2.49. The summed E-state index contributed by atoms with van der Waals surface area (Å²) < 4.78 is 0. The zero-order chi connectivity index (χ0) is 15.2. The van der Waals surface area contributed by atoms with Crippen LogP contribution in [-0.2, 0) is 0 Å². The van der Waals surface area contributed by atoms with Crippen molar-refractivity contribution in [3.8, 4) is 0 Å². The fourth-order valence-electron chi connectivity index (χ4n) is 3.89. The van der Waals surface area contributed by atoms with Crippen LogP contribution in [0.5, 0.6) is 0 Å². The van der Waals surface area contributed by atoms with Crippen LogP contribution in [0.15, 0.2) is 23.3 Å². The summed E-state index contributed by atoms with van der Waals surface area (Å²) in [5.74, 6) is 1.83. The van der Waals surface area contributed by atoms with E-state index in [0.29, 0.717) is 5.41 Å². The van der Waals surface area contributed by atoms with E-state index < -0.39 is 0 Å². The Morgan fingerprint density at radius 1 is 1.15 bits per heavy atom. The fourth-order valence-corrected chi connectivity index (χ4v) is 3.89. The van der Waals surface area contributed by atoms with Gasteiger partial charge < -0.3 is 0 Å². The van der Waals surface area contributed by atoms with Gasteiger partial charge in [-0.2, -0.15) is 0 Å². The van der Waals surface area contributed by atoms with Gasteiger partial charge in [0.25, 0.3) is 0 Å². The van der Waals surface area contributed by atoms with Gasteiger partial charge in [-0.15, -0.1) is 0 Å². The molecule has 2 atom stereocenters. The standard InChI is InChI=1S/C20H36/c1-7-16(2)10-8-11-17(3)13-14-19-18(4)12-9-15-20(19,5)6/h7,11,18-19H,8-10,12-15H2,1-6H3/b16-7+,17-11+. The molecule has 0 spiro atoms. The molecule has 1 saturated carbocycles. The second kappa shape index (κ2) is 8.05. The molecule has 116 valence electrons. The van der Waals surface area contributed by atoms with Crippen molar-refractivity contribution in [2.75, 3.05) is 0 Å². The number of rotatable bonds is 6. The van der Waals surface area contributed by atoms with Crippen LogP contribution in [0.1, 0.15) is 86.5 Å². The van der Waals surface area contributed by atoms with E-state index in [1.54, 1.807) is 5.57 Å². The first-order valence-corrected chi connectivity index (χ1v) is 8.64. The van der Waals surface area contributed by atoms with Crippen LogP contribution >= 0.6 is 0 Å². The molecule has 0 nitrogen and oxygen atoms in total. The van der Waals surface area contributed by atoms with Gasteiger partial charge in [0.2, 0.25) is 0 Å². The highest BCUT2D eigenvalue weighted by Gasteiger charge is 2.36. The minimum Gasteiger partial charge on any atom is -0.0887 e. The van der Waals surface area contributed by atoms with E-state index in [1.807, 2.05) is 0 Å². The van der Waals surface area contributed by atoms with Gasteiger partial charge in [0, 0.05) is 0 Å². The van der Waals surface area contributed by atoms with E-state index in [0.717, 1.165) is 11.8 Å². The molecule has 0 amide bonds. The van der Waals surface area contributed by atoms with E-state index >= 15 is 0 Å². The molecule has 0 aromatic heterocycles. The van der Waals surface area contributed by atoms with Crippen LogP contribution in [-0.4, -0.2) is 0 Å². The van der Waals surface area contributed by atoms with Crippen molar-refractivity contribution in [1.82, 2.24) is 0 Å². The third kappa shape index (κ3) is 5.46. The molecule has 0 heteroatoms. The zero-order valence-corrected chi connectivity index (χ0v) is 14.8.